The smallest absolute Gasteiger partial charge is 0.274 e. The summed E-state index contributed by atoms with van der Waals surface area (Å²) in [6.45, 7) is -0.727. The number of methoxy groups -OCH3 is 2. The Morgan fingerprint density at radius 2 is 2.09 bits per heavy atom. The lowest BCUT2D eigenvalue weighted by Gasteiger charge is -2.27. The fraction of sp³-hybridized carbons (Fsp3) is 0.571. The van der Waals surface area contributed by atoms with Crippen molar-refractivity contribution in [2.75, 3.05) is 20.8 Å². The zero-order chi connectivity index (χ0) is 17.0. The van der Waals surface area contributed by atoms with Crippen LogP contribution in [0.15, 0.2) is 24.3 Å². The summed E-state index contributed by atoms with van der Waals surface area (Å²) in [6, 6.07) is 6.12. The van der Waals surface area contributed by atoms with Crippen molar-refractivity contribution in [2.24, 2.45) is 0 Å². The number of hydrogen-bond donors (Lipinski definition) is 2. The summed E-state index contributed by atoms with van der Waals surface area (Å²) in [5, 5.41) is 30.6. The first-order valence-corrected chi connectivity index (χ1v) is 6.87. The van der Waals surface area contributed by atoms with Gasteiger partial charge in [-0.2, -0.15) is 0 Å². The zero-order valence-electron chi connectivity index (χ0n) is 12.7. The van der Waals surface area contributed by atoms with Gasteiger partial charge in [0.1, 0.15) is 18.8 Å². The van der Waals surface area contributed by atoms with Crippen molar-refractivity contribution in [3.63, 3.8) is 0 Å². The standard InChI is InChI=1S/C14H19NO8/c1-20-11-12(17)14(8-16,21-2)23-13(11)22-7-9-5-3-4-6-10(9)15(18)19/h3-6,11-13,16-17H,7-8H2,1-2H3. The molecule has 2 rings (SSSR count). The van der Waals surface area contributed by atoms with Crippen molar-refractivity contribution in [3.8, 4) is 0 Å². The summed E-state index contributed by atoms with van der Waals surface area (Å²) in [7, 11) is 2.62. The summed E-state index contributed by atoms with van der Waals surface area (Å²) in [4.78, 5) is 10.5. The normalized spacial score (nSPS) is 30.5. The van der Waals surface area contributed by atoms with Crippen LogP contribution in [0, 0.1) is 10.1 Å². The molecule has 9 heteroatoms. The van der Waals surface area contributed by atoms with Gasteiger partial charge < -0.3 is 29.2 Å². The van der Waals surface area contributed by atoms with Crippen LogP contribution in [0.1, 0.15) is 5.56 Å². The van der Waals surface area contributed by atoms with Crippen LogP contribution in [0.3, 0.4) is 0 Å². The van der Waals surface area contributed by atoms with E-state index in [9.17, 15) is 20.3 Å². The Balaban J connectivity index is 2.13. The van der Waals surface area contributed by atoms with Gasteiger partial charge in [-0.05, 0) is 6.07 Å². The van der Waals surface area contributed by atoms with E-state index in [1.807, 2.05) is 0 Å². The topological polar surface area (TPSA) is 121 Å². The van der Waals surface area contributed by atoms with Crippen LogP contribution in [0.25, 0.3) is 0 Å². The number of nitrogens with zero attached hydrogens (tertiary/aromatic N) is 1. The van der Waals surface area contributed by atoms with Crippen molar-refractivity contribution >= 4 is 5.69 Å². The minimum Gasteiger partial charge on any atom is -0.391 e. The minimum absolute atomic E-state index is 0.0832. The Hall–Kier alpha value is -1.62. The van der Waals surface area contributed by atoms with Crippen LogP contribution < -0.4 is 0 Å². The van der Waals surface area contributed by atoms with Crippen molar-refractivity contribution in [2.45, 2.75) is 30.9 Å². The molecular weight excluding hydrogens is 310 g/mol. The van der Waals surface area contributed by atoms with Crippen LogP contribution in [-0.4, -0.2) is 60.2 Å². The molecule has 0 amide bonds. The number of ether oxygens (including phenoxy) is 4. The van der Waals surface area contributed by atoms with E-state index in [-0.39, 0.29) is 12.3 Å². The van der Waals surface area contributed by atoms with Crippen molar-refractivity contribution < 1.29 is 34.1 Å². The van der Waals surface area contributed by atoms with Gasteiger partial charge in [0.25, 0.3) is 5.69 Å². The lowest BCUT2D eigenvalue weighted by atomic mass is 10.1. The summed E-state index contributed by atoms with van der Waals surface area (Å²) < 4.78 is 21.1. The highest BCUT2D eigenvalue weighted by Gasteiger charge is 2.56. The van der Waals surface area contributed by atoms with Crippen molar-refractivity contribution in [1.29, 1.82) is 0 Å². The van der Waals surface area contributed by atoms with Gasteiger partial charge in [-0.3, -0.25) is 10.1 Å². The van der Waals surface area contributed by atoms with Crippen LogP contribution in [0.2, 0.25) is 0 Å². The third-order valence-corrected chi connectivity index (χ3v) is 3.78. The van der Waals surface area contributed by atoms with E-state index in [1.54, 1.807) is 18.2 Å². The predicted octanol–water partition coefficient (Wildman–Crippen LogP) is 0.179. The molecule has 2 N–H and O–H groups in total. The fourth-order valence-corrected chi connectivity index (χ4v) is 2.45. The third kappa shape index (κ3) is 3.34. The quantitative estimate of drug-likeness (QED) is 0.537. The molecule has 0 aliphatic carbocycles. The number of rotatable bonds is 7. The predicted molar refractivity (Wildman–Crippen MR) is 76.4 cm³/mol. The number of nitro benzene ring substituents is 1. The largest absolute Gasteiger partial charge is 0.391 e. The van der Waals surface area contributed by atoms with E-state index >= 15 is 0 Å². The molecule has 1 aromatic rings. The van der Waals surface area contributed by atoms with E-state index in [0.717, 1.165) is 0 Å². The Bertz CT molecular complexity index is 547. The lowest BCUT2D eigenvalue weighted by Crippen LogP contribution is -2.48. The monoisotopic (exact) mass is 329 g/mol. The average molecular weight is 329 g/mol. The number of benzene rings is 1. The van der Waals surface area contributed by atoms with E-state index < -0.39 is 35.8 Å². The molecule has 0 aromatic heterocycles. The number of nitro groups is 1. The van der Waals surface area contributed by atoms with E-state index in [1.165, 1.54) is 20.3 Å². The molecule has 1 aromatic carbocycles. The molecule has 1 saturated heterocycles. The average Bonchev–Trinajstić information content (AvgIpc) is 2.84. The van der Waals surface area contributed by atoms with Gasteiger partial charge in [-0.25, -0.2) is 0 Å². The van der Waals surface area contributed by atoms with Gasteiger partial charge in [0.15, 0.2) is 6.29 Å². The summed E-state index contributed by atoms with van der Waals surface area (Å²) in [5.41, 5.74) is 0.268. The van der Waals surface area contributed by atoms with E-state index in [4.69, 9.17) is 18.9 Å². The summed E-state index contributed by atoms with van der Waals surface area (Å²) in [5.74, 6) is -1.66. The Labute approximate surface area is 132 Å². The first kappa shape index (κ1) is 17.7. The molecule has 4 atom stereocenters. The number of aliphatic hydroxyl groups is 2. The van der Waals surface area contributed by atoms with Crippen LogP contribution in [-0.2, 0) is 25.6 Å². The maximum absolute atomic E-state index is 11.0. The molecule has 0 radical (unpaired) electrons. The maximum atomic E-state index is 11.0. The first-order chi connectivity index (χ1) is 11.0. The highest BCUT2D eigenvalue weighted by atomic mass is 16.8. The molecule has 1 aliphatic rings. The number of aliphatic hydroxyl groups excluding tert-OH is 2. The molecule has 23 heavy (non-hydrogen) atoms. The van der Waals surface area contributed by atoms with Gasteiger partial charge in [0.05, 0.1) is 17.1 Å². The zero-order valence-corrected chi connectivity index (χ0v) is 12.7. The minimum atomic E-state index is -1.66. The van der Waals surface area contributed by atoms with E-state index in [2.05, 4.69) is 0 Å². The molecule has 0 saturated carbocycles. The van der Waals surface area contributed by atoms with Crippen LogP contribution in [0.5, 0.6) is 0 Å². The van der Waals surface area contributed by atoms with Crippen molar-refractivity contribution in [1.82, 2.24) is 0 Å². The molecule has 1 heterocycles. The van der Waals surface area contributed by atoms with Gasteiger partial charge in [-0.15, -0.1) is 0 Å². The molecule has 1 aliphatic heterocycles. The maximum Gasteiger partial charge on any atom is 0.274 e. The Morgan fingerprint density at radius 3 is 2.65 bits per heavy atom. The highest BCUT2D eigenvalue weighted by Crippen LogP contribution is 2.34. The summed E-state index contributed by atoms with van der Waals surface area (Å²) >= 11 is 0. The lowest BCUT2D eigenvalue weighted by molar-refractivity contribution is -0.386. The molecular formula is C14H19NO8. The van der Waals surface area contributed by atoms with Gasteiger partial charge >= 0.3 is 0 Å². The third-order valence-electron chi connectivity index (χ3n) is 3.78. The SMILES string of the molecule is COC1C(OCc2ccccc2[N+](=O)[O-])OC(CO)(OC)C1O. The fourth-order valence-electron chi connectivity index (χ4n) is 2.45. The molecule has 9 nitrogen and oxygen atoms in total. The number of hydrogen-bond acceptors (Lipinski definition) is 8. The second kappa shape index (κ2) is 7.30. The van der Waals surface area contributed by atoms with Gasteiger partial charge in [-0.1, -0.05) is 12.1 Å². The molecule has 1 fully saturated rings. The first-order valence-electron chi connectivity index (χ1n) is 6.87. The van der Waals surface area contributed by atoms with Crippen LogP contribution >= 0.6 is 0 Å². The highest BCUT2D eigenvalue weighted by molar-refractivity contribution is 5.39. The molecule has 0 spiro atoms. The van der Waals surface area contributed by atoms with Gasteiger partial charge in [0.2, 0.25) is 5.79 Å². The Morgan fingerprint density at radius 1 is 1.39 bits per heavy atom. The van der Waals surface area contributed by atoms with Crippen molar-refractivity contribution in [3.05, 3.63) is 39.9 Å². The molecule has 4 unspecified atom stereocenters. The van der Waals surface area contributed by atoms with Gasteiger partial charge in [0, 0.05) is 20.3 Å². The Kier molecular flexibility index (Phi) is 5.63. The summed E-state index contributed by atoms with van der Waals surface area (Å²) in [6.07, 6.45) is -3.25. The molecule has 0 bridgehead atoms. The number of para-hydroxylation sites is 1. The molecule has 128 valence electrons. The van der Waals surface area contributed by atoms with E-state index in [0.29, 0.717) is 5.56 Å². The second-order valence-electron chi connectivity index (χ2n) is 5.00. The van der Waals surface area contributed by atoms with Crippen LogP contribution in [0.4, 0.5) is 5.69 Å². The second-order valence-corrected chi connectivity index (χ2v) is 5.00.